The highest BCUT2D eigenvalue weighted by atomic mass is 32.2. The molecule has 2 N–H and O–H groups in total. The number of sulfonamides is 1. The highest BCUT2D eigenvalue weighted by Gasteiger charge is 2.25. The fourth-order valence-electron chi connectivity index (χ4n) is 3.02. The predicted molar refractivity (Wildman–Crippen MR) is 109 cm³/mol. The van der Waals surface area contributed by atoms with Gasteiger partial charge in [-0.15, -0.1) is 0 Å². The van der Waals surface area contributed by atoms with Crippen molar-refractivity contribution in [2.24, 2.45) is 0 Å². The Bertz CT molecular complexity index is 757. The van der Waals surface area contributed by atoms with Gasteiger partial charge in [0, 0.05) is 59.4 Å². The van der Waals surface area contributed by atoms with Crippen molar-refractivity contribution >= 4 is 22.0 Å². The summed E-state index contributed by atoms with van der Waals surface area (Å²) in [4.78, 5) is 26.3. The third-order valence-electron chi connectivity index (χ3n) is 4.60. The first-order valence-corrected chi connectivity index (χ1v) is 11.2. The standard InChI is InChI=1S/C19H30N4O5S/c1-28-16-5-10-21-19(25)22-12-6-13-23(14-9-18(24)20-11-15-22)29(26,27)17-7-3-2-4-8-17/h2-4,7-8H,5-6,9-16H2,1H3,(H,20,24)(H,21,25). The molecule has 0 spiro atoms. The number of hydrogen-bond donors (Lipinski definition) is 2. The Morgan fingerprint density at radius 2 is 1.93 bits per heavy atom. The highest BCUT2D eigenvalue weighted by molar-refractivity contribution is 7.89. The molecule has 9 nitrogen and oxygen atoms in total. The van der Waals surface area contributed by atoms with Gasteiger partial charge in [0.1, 0.15) is 0 Å². The molecule has 1 aromatic rings. The molecule has 1 heterocycles. The van der Waals surface area contributed by atoms with E-state index in [1.807, 2.05) is 0 Å². The van der Waals surface area contributed by atoms with E-state index in [1.54, 1.807) is 42.3 Å². The van der Waals surface area contributed by atoms with Crippen LogP contribution in [0.15, 0.2) is 35.2 Å². The Morgan fingerprint density at radius 1 is 1.17 bits per heavy atom. The van der Waals surface area contributed by atoms with Gasteiger partial charge in [-0.1, -0.05) is 18.2 Å². The predicted octanol–water partition coefficient (Wildman–Crippen LogP) is 0.635. The second kappa shape index (κ2) is 11.7. The highest BCUT2D eigenvalue weighted by Crippen LogP contribution is 2.16. The fourth-order valence-corrected chi connectivity index (χ4v) is 4.52. The minimum Gasteiger partial charge on any atom is -0.385 e. The second-order valence-corrected chi connectivity index (χ2v) is 8.67. The summed E-state index contributed by atoms with van der Waals surface area (Å²) in [7, 11) is -2.10. The van der Waals surface area contributed by atoms with Gasteiger partial charge in [-0.3, -0.25) is 4.79 Å². The first-order chi connectivity index (χ1) is 13.9. The number of nitrogens with one attached hydrogen (secondary N) is 2. The molecule has 2 rings (SSSR count). The van der Waals surface area contributed by atoms with E-state index in [2.05, 4.69) is 10.6 Å². The molecular formula is C19H30N4O5S. The number of urea groups is 1. The van der Waals surface area contributed by atoms with Crippen LogP contribution in [-0.4, -0.2) is 82.5 Å². The monoisotopic (exact) mass is 426 g/mol. The average molecular weight is 427 g/mol. The molecule has 1 aliphatic heterocycles. The SMILES string of the molecule is COCCCNC(=O)N1CCCN(S(=O)(=O)c2ccccc2)CCC(=O)NCC1. The summed E-state index contributed by atoms with van der Waals surface area (Å²) in [5.41, 5.74) is 0. The van der Waals surface area contributed by atoms with E-state index in [-0.39, 0.29) is 36.3 Å². The van der Waals surface area contributed by atoms with Gasteiger partial charge in [0.25, 0.3) is 0 Å². The largest absolute Gasteiger partial charge is 0.385 e. The van der Waals surface area contributed by atoms with E-state index >= 15 is 0 Å². The van der Waals surface area contributed by atoms with Crippen molar-refractivity contribution in [3.05, 3.63) is 30.3 Å². The number of hydrogen-bond acceptors (Lipinski definition) is 5. The van der Waals surface area contributed by atoms with Gasteiger partial charge in [-0.25, -0.2) is 13.2 Å². The van der Waals surface area contributed by atoms with Crippen LogP contribution in [0.25, 0.3) is 0 Å². The molecule has 162 valence electrons. The van der Waals surface area contributed by atoms with E-state index in [1.165, 1.54) is 4.31 Å². The minimum atomic E-state index is -3.70. The Labute approximate surface area is 172 Å². The number of nitrogens with zero attached hydrogens (tertiary/aromatic N) is 2. The molecular weight excluding hydrogens is 396 g/mol. The quantitative estimate of drug-likeness (QED) is 0.649. The summed E-state index contributed by atoms with van der Waals surface area (Å²) in [6, 6.07) is 7.94. The molecule has 1 saturated heterocycles. The first-order valence-electron chi connectivity index (χ1n) is 9.79. The average Bonchev–Trinajstić information content (AvgIpc) is 2.76. The summed E-state index contributed by atoms with van der Waals surface area (Å²) in [5, 5.41) is 5.58. The van der Waals surface area contributed by atoms with Crippen molar-refractivity contribution in [3.8, 4) is 0 Å². The van der Waals surface area contributed by atoms with E-state index in [9.17, 15) is 18.0 Å². The molecule has 3 amide bonds. The van der Waals surface area contributed by atoms with E-state index < -0.39 is 10.0 Å². The molecule has 0 unspecified atom stereocenters. The van der Waals surface area contributed by atoms with Crippen molar-refractivity contribution in [3.63, 3.8) is 0 Å². The maximum atomic E-state index is 13.0. The zero-order chi connectivity index (χ0) is 21.1. The molecule has 1 aliphatic rings. The summed E-state index contributed by atoms with van der Waals surface area (Å²) in [5.74, 6) is -0.236. The smallest absolute Gasteiger partial charge is 0.317 e. The molecule has 0 bridgehead atoms. The van der Waals surface area contributed by atoms with Crippen LogP contribution in [0.4, 0.5) is 4.79 Å². The maximum Gasteiger partial charge on any atom is 0.317 e. The van der Waals surface area contributed by atoms with Crippen molar-refractivity contribution in [1.82, 2.24) is 19.8 Å². The Hall–Kier alpha value is -2.17. The van der Waals surface area contributed by atoms with Crippen LogP contribution < -0.4 is 10.6 Å². The Morgan fingerprint density at radius 3 is 2.66 bits per heavy atom. The van der Waals surface area contributed by atoms with Gasteiger partial charge < -0.3 is 20.3 Å². The second-order valence-electron chi connectivity index (χ2n) is 6.74. The molecule has 1 fully saturated rings. The van der Waals surface area contributed by atoms with Gasteiger partial charge in [-0.2, -0.15) is 4.31 Å². The van der Waals surface area contributed by atoms with Crippen molar-refractivity contribution in [1.29, 1.82) is 0 Å². The lowest BCUT2D eigenvalue weighted by atomic mass is 10.3. The van der Waals surface area contributed by atoms with Crippen LogP contribution in [0.5, 0.6) is 0 Å². The van der Waals surface area contributed by atoms with Crippen molar-refractivity contribution < 1.29 is 22.7 Å². The van der Waals surface area contributed by atoms with Gasteiger partial charge in [-0.05, 0) is 25.0 Å². The number of amides is 3. The number of ether oxygens (including phenoxy) is 1. The topological polar surface area (TPSA) is 108 Å². The van der Waals surface area contributed by atoms with Crippen LogP contribution in [0.2, 0.25) is 0 Å². The van der Waals surface area contributed by atoms with Gasteiger partial charge in [0.05, 0.1) is 4.90 Å². The van der Waals surface area contributed by atoms with Crippen LogP contribution in [-0.2, 0) is 19.6 Å². The van der Waals surface area contributed by atoms with Crippen molar-refractivity contribution in [2.75, 3.05) is 53.0 Å². The van der Waals surface area contributed by atoms with Crippen molar-refractivity contribution in [2.45, 2.75) is 24.2 Å². The molecule has 0 aliphatic carbocycles. The molecule has 0 aromatic heterocycles. The summed E-state index contributed by atoms with van der Waals surface area (Å²) >= 11 is 0. The van der Waals surface area contributed by atoms with Crippen LogP contribution in [0.1, 0.15) is 19.3 Å². The number of carbonyl (C=O) groups is 2. The van der Waals surface area contributed by atoms with Gasteiger partial charge in [0.2, 0.25) is 15.9 Å². The zero-order valence-corrected chi connectivity index (χ0v) is 17.6. The first kappa shape index (κ1) is 23.1. The van der Waals surface area contributed by atoms with E-state index in [0.29, 0.717) is 45.6 Å². The normalized spacial score (nSPS) is 17.3. The summed E-state index contributed by atoms with van der Waals surface area (Å²) in [6.45, 7) is 2.48. The molecule has 0 saturated carbocycles. The molecule has 29 heavy (non-hydrogen) atoms. The lowest BCUT2D eigenvalue weighted by molar-refractivity contribution is -0.121. The Kier molecular flexibility index (Phi) is 9.36. The molecule has 0 radical (unpaired) electrons. The molecule has 1 aromatic carbocycles. The number of benzene rings is 1. The third kappa shape index (κ3) is 7.30. The van der Waals surface area contributed by atoms with E-state index in [4.69, 9.17) is 4.74 Å². The third-order valence-corrected chi connectivity index (χ3v) is 6.51. The minimum absolute atomic E-state index is 0.0786. The number of carbonyl (C=O) groups excluding carboxylic acids is 2. The van der Waals surface area contributed by atoms with Gasteiger partial charge in [0.15, 0.2) is 0 Å². The van der Waals surface area contributed by atoms with Gasteiger partial charge >= 0.3 is 6.03 Å². The number of methoxy groups -OCH3 is 1. The van der Waals surface area contributed by atoms with Crippen LogP contribution >= 0.6 is 0 Å². The summed E-state index contributed by atoms with van der Waals surface area (Å²) in [6.07, 6.45) is 1.26. The maximum absolute atomic E-state index is 13.0. The lowest BCUT2D eigenvalue weighted by Gasteiger charge is -2.25. The van der Waals surface area contributed by atoms with E-state index in [0.717, 1.165) is 0 Å². The van der Waals surface area contributed by atoms with Crippen LogP contribution in [0.3, 0.4) is 0 Å². The summed E-state index contributed by atoms with van der Waals surface area (Å²) < 4.78 is 32.2. The zero-order valence-electron chi connectivity index (χ0n) is 16.8. The fraction of sp³-hybridized carbons (Fsp3) is 0.579. The molecule has 0 atom stereocenters. The lowest BCUT2D eigenvalue weighted by Crippen LogP contribution is -2.45. The Balaban J connectivity index is 2.04. The van der Waals surface area contributed by atoms with Crippen LogP contribution in [0, 0.1) is 0 Å². The molecule has 10 heteroatoms. The number of rotatable bonds is 6.